The van der Waals surface area contributed by atoms with Crippen LogP contribution in [0.4, 0.5) is 0 Å². The number of fused-ring (bicyclic) bond motifs is 2. The fourth-order valence-electron chi connectivity index (χ4n) is 4.59. The lowest BCUT2D eigenvalue weighted by Gasteiger charge is -2.45. The van der Waals surface area contributed by atoms with Crippen LogP contribution in [-0.2, 0) is 6.42 Å². The molecule has 0 amide bonds. The molecule has 2 aliphatic heterocycles. The summed E-state index contributed by atoms with van der Waals surface area (Å²) in [6.45, 7) is 0. The zero-order valence-electron chi connectivity index (χ0n) is 14.4. The van der Waals surface area contributed by atoms with Gasteiger partial charge in [0.1, 0.15) is 0 Å². The normalized spacial score (nSPS) is 28.3. The molecule has 0 radical (unpaired) electrons. The maximum Gasteiger partial charge on any atom is 0.0998 e. The molecule has 4 rings (SSSR count). The van der Waals surface area contributed by atoms with Gasteiger partial charge >= 0.3 is 0 Å². The average molecular weight is 332 g/mol. The van der Waals surface area contributed by atoms with E-state index in [2.05, 4.69) is 35.7 Å². The molecule has 25 heavy (non-hydrogen) atoms. The number of hydrogen-bond acceptors (Lipinski definition) is 3. The van der Waals surface area contributed by atoms with E-state index in [4.69, 9.17) is 0 Å². The molecule has 2 saturated heterocycles. The minimum absolute atomic E-state index is 0.472. The third-order valence-electron chi connectivity index (χ3n) is 5.67. The van der Waals surface area contributed by atoms with Crippen molar-refractivity contribution in [2.75, 3.05) is 0 Å². The van der Waals surface area contributed by atoms with E-state index in [-0.39, 0.29) is 0 Å². The Morgan fingerprint density at radius 2 is 1.72 bits per heavy atom. The second-order valence-corrected chi connectivity index (χ2v) is 7.66. The van der Waals surface area contributed by atoms with E-state index in [1.807, 2.05) is 24.3 Å². The van der Waals surface area contributed by atoms with Crippen molar-refractivity contribution in [3.63, 3.8) is 0 Å². The summed E-state index contributed by atoms with van der Waals surface area (Å²) in [5, 5.41) is 24.0. The van der Waals surface area contributed by atoms with E-state index in [0.29, 0.717) is 24.1 Å². The van der Waals surface area contributed by atoms with E-state index in [1.165, 1.54) is 24.8 Å². The smallest absolute Gasteiger partial charge is 0.0998 e. The Morgan fingerprint density at radius 1 is 1.04 bits per heavy atom. The van der Waals surface area contributed by atoms with E-state index in [9.17, 15) is 10.4 Å². The minimum Gasteiger partial charge on any atom is -0.389 e. The molecule has 128 valence electrons. The van der Waals surface area contributed by atoms with E-state index in [1.54, 1.807) is 0 Å². The molecule has 2 fully saturated rings. The average Bonchev–Trinajstić information content (AvgIpc) is 2.61. The van der Waals surface area contributed by atoms with Crippen LogP contribution in [0.5, 0.6) is 0 Å². The number of aliphatic hydroxyl groups is 1. The maximum atomic E-state index is 11.1. The number of rotatable bonds is 3. The molecular weight excluding hydrogens is 308 g/mol. The topological polar surface area (TPSA) is 56.0 Å². The Morgan fingerprint density at radius 3 is 2.40 bits per heavy atom. The van der Waals surface area contributed by atoms with Crippen LogP contribution in [0.2, 0.25) is 0 Å². The molecule has 2 atom stereocenters. The van der Waals surface area contributed by atoms with Gasteiger partial charge in [0.25, 0.3) is 0 Å². The Balaban J connectivity index is 1.52. The predicted molar refractivity (Wildman–Crippen MR) is 99.0 cm³/mol. The lowest BCUT2D eigenvalue weighted by atomic mass is 9.74. The summed E-state index contributed by atoms with van der Waals surface area (Å²) in [6.07, 6.45) is 6.06. The van der Waals surface area contributed by atoms with Crippen LogP contribution in [0, 0.1) is 11.3 Å². The molecule has 0 saturated carbocycles. The molecule has 0 aliphatic carbocycles. The lowest BCUT2D eigenvalue weighted by Crippen LogP contribution is -2.56. The van der Waals surface area contributed by atoms with Gasteiger partial charge in [-0.05, 0) is 48.4 Å². The zero-order chi connectivity index (χ0) is 17.3. The molecule has 2 heterocycles. The molecule has 2 N–H and O–H groups in total. The highest BCUT2D eigenvalue weighted by Gasteiger charge is 2.40. The first kappa shape index (κ1) is 16.3. The Kier molecular flexibility index (Phi) is 4.33. The molecule has 2 unspecified atom stereocenters. The summed E-state index contributed by atoms with van der Waals surface area (Å²) in [4.78, 5) is 0. The van der Waals surface area contributed by atoms with Crippen molar-refractivity contribution >= 4 is 0 Å². The summed E-state index contributed by atoms with van der Waals surface area (Å²) < 4.78 is 0. The third-order valence-corrected chi connectivity index (χ3v) is 5.67. The Bertz CT molecular complexity index is 778. The number of benzene rings is 2. The molecule has 2 aromatic carbocycles. The van der Waals surface area contributed by atoms with Crippen LogP contribution in [0.3, 0.4) is 0 Å². The van der Waals surface area contributed by atoms with Crippen LogP contribution in [-0.4, -0.2) is 22.8 Å². The molecule has 3 heteroatoms. The van der Waals surface area contributed by atoms with Crippen LogP contribution >= 0.6 is 0 Å². The number of nitrogens with one attached hydrogen (secondary N) is 1. The van der Waals surface area contributed by atoms with Crippen molar-refractivity contribution in [2.45, 2.75) is 56.2 Å². The molecule has 0 spiro atoms. The highest BCUT2D eigenvalue weighted by Crippen LogP contribution is 2.35. The van der Waals surface area contributed by atoms with Crippen molar-refractivity contribution in [1.82, 2.24) is 5.32 Å². The van der Waals surface area contributed by atoms with Gasteiger partial charge in [-0.3, -0.25) is 0 Å². The van der Waals surface area contributed by atoms with Gasteiger partial charge in [0.15, 0.2) is 0 Å². The fourth-order valence-corrected chi connectivity index (χ4v) is 4.59. The van der Waals surface area contributed by atoms with Crippen molar-refractivity contribution in [3.05, 3.63) is 59.7 Å². The van der Waals surface area contributed by atoms with Crippen LogP contribution < -0.4 is 5.32 Å². The first-order chi connectivity index (χ1) is 12.1. The van der Waals surface area contributed by atoms with E-state index in [0.717, 1.165) is 24.0 Å². The minimum atomic E-state index is -0.590. The summed E-state index contributed by atoms with van der Waals surface area (Å²) in [6, 6.07) is 19.2. The van der Waals surface area contributed by atoms with Gasteiger partial charge in [0.05, 0.1) is 17.2 Å². The number of piperidine rings is 2. The van der Waals surface area contributed by atoms with Crippen LogP contribution in [0.1, 0.15) is 43.2 Å². The van der Waals surface area contributed by atoms with Crippen molar-refractivity contribution in [2.24, 2.45) is 0 Å². The molecule has 2 bridgehead atoms. The summed E-state index contributed by atoms with van der Waals surface area (Å²) in [5.41, 5.74) is 3.29. The van der Waals surface area contributed by atoms with E-state index < -0.39 is 5.60 Å². The van der Waals surface area contributed by atoms with Gasteiger partial charge < -0.3 is 10.4 Å². The Labute approximate surface area is 149 Å². The molecule has 3 nitrogen and oxygen atoms in total. The van der Waals surface area contributed by atoms with E-state index >= 15 is 0 Å². The highest BCUT2D eigenvalue weighted by molar-refractivity contribution is 5.70. The largest absolute Gasteiger partial charge is 0.389 e. The van der Waals surface area contributed by atoms with Gasteiger partial charge in [-0.2, -0.15) is 5.26 Å². The fraction of sp³-hybridized carbons (Fsp3) is 0.409. The van der Waals surface area contributed by atoms with Gasteiger partial charge in [-0.1, -0.05) is 48.9 Å². The zero-order valence-corrected chi connectivity index (χ0v) is 14.4. The monoisotopic (exact) mass is 332 g/mol. The molecule has 0 aromatic heterocycles. The SMILES string of the molecule is N#Cc1ccccc1-c1ccc(CC2(O)CC3CCCC(C2)N3)cc1. The number of hydrogen-bond donors (Lipinski definition) is 2. The van der Waals surface area contributed by atoms with Gasteiger partial charge in [-0.25, -0.2) is 0 Å². The molecule has 2 aliphatic rings. The maximum absolute atomic E-state index is 11.1. The van der Waals surface area contributed by atoms with Crippen molar-refractivity contribution in [1.29, 1.82) is 5.26 Å². The quantitative estimate of drug-likeness (QED) is 0.899. The lowest BCUT2D eigenvalue weighted by molar-refractivity contribution is -0.0302. The Hall–Kier alpha value is -2.15. The van der Waals surface area contributed by atoms with Crippen molar-refractivity contribution in [3.8, 4) is 17.2 Å². The first-order valence-electron chi connectivity index (χ1n) is 9.22. The van der Waals surface area contributed by atoms with Gasteiger partial charge in [0.2, 0.25) is 0 Å². The molecular formula is C22H24N2O. The second kappa shape index (κ2) is 6.63. The summed E-state index contributed by atoms with van der Waals surface area (Å²) >= 11 is 0. The third kappa shape index (κ3) is 3.46. The summed E-state index contributed by atoms with van der Waals surface area (Å²) in [7, 11) is 0. The highest BCUT2D eigenvalue weighted by atomic mass is 16.3. The van der Waals surface area contributed by atoms with Gasteiger partial charge in [0, 0.05) is 18.5 Å². The van der Waals surface area contributed by atoms with Crippen molar-refractivity contribution < 1.29 is 5.11 Å². The predicted octanol–water partition coefficient (Wildman–Crippen LogP) is 3.80. The second-order valence-electron chi connectivity index (χ2n) is 7.66. The number of nitriles is 1. The molecule has 2 aromatic rings. The van der Waals surface area contributed by atoms with Crippen LogP contribution in [0.25, 0.3) is 11.1 Å². The summed E-state index contributed by atoms with van der Waals surface area (Å²) in [5.74, 6) is 0. The van der Waals surface area contributed by atoms with Crippen LogP contribution in [0.15, 0.2) is 48.5 Å². The van der Waals surface area contributed by atoms with Gasteiger partial charge in [-0.15, -0.1) is 0 Å². The first-order valence-corrected chi connectivity index (χ1v) is 9.22. The standard InChI is InChI=1S/C22H24N2O/c23-15-18-4-1-2-7-21(18)17-10-8-16(9-11-17)12-22(25)13-19-5-3-6-20(14-22)24-19/h1-2,4,7-11,19-20,24-25H,3,5-6,12-14H2. The number of nitrogens with zero attached hydrogens (tertiary/aromatic N) is 1.